The first-order valence-electron chi connectivity index (χ1n) is 19.1. The minimum absolute atomic E-state index is 0.128. The summed E-state index contributed by atoms with van der Waals surface area (Å²) in [6, 6.07) is 3.51. The Balaban J connectivity index is 1.94. The van der Waals surface area contributed by atoms with E-state index < -0.39 is 83.3 Å². The summed E-state index contributed by atoms with van der Waals surface area (Å²) in [5, 5.41) is 34.6. The van der Waals surface area contributed by atoms with Crippen LogP contribution in [0.4, 0.5) is 0 Å². The highest BCUT2D eigenvalue weighted by Gasteiger charge is 2.53. The Labute approximate surface area is 328 Å². The molecular formula is C39H61N3O12S. The highest BCUT2D eigenvalue weighted by Crippen LogP contribution is 2.40. The van der Waals surface area contributed by atoms with Gasteiger partial charge in [-0.15, -0.1) is 11.3 Å². The number of fused-ring (bicyclic) bond motifs is 5. The zero-order valence-corrected chi connectivity index (χ0v) is 34.9. The zero-order chi connectivity index (χ0) is 40.8. The summed E-state index contributed by atoms with van der Waals surface area (Å²) in [4.78, 5) is 54.2. The topological polar surface area (TPSA) is 184 Å². The number of Topliss-reactive ketones (excluding diaryl/α,β-unsaturated/α-hetero) is 1. The molecule has 1 aromatic rings. The van der Waals surface area contributed by atoms with E-state index in [1.165, 1.54) is 32.1 Å². The first-order chi connectivity index (χ1) is 25.8. The fourth-order valence-corrected chi connectivity index (χ4v) is 8.69. The number of hydrogen-bond donors (Lipinski definition) is 2. The number of likely N-dealkylation sites (N-methyl/N-ethyl adjacent to an activating group) is 1. The Kier molecular flexibility index (Phi) is 15.6. The van der Waals surface area contributed by atoms with Gasteiger partial charge in [-0.3, -0.25) is 9.59 Å². The SMILES string of the molecule is CC[C@H]1OC(=O)[C@H](C)C(=O)[C@H](C)[C@@H](O[C@@H]2O[C@H](C)C[C@H](N(C)C)[C@H]2O)[C@@]2(C)C[C@@H](C)/C(=N\OC(C)=O)[C@H](C)[C@H](OC/C(=N/OCc3cccs3)CO2)[C@]1(C)O. The molecule has 0 radical (unpaired) electrons. The molecule has 1 aromatic heterocycles. The molecule has 310 valence electrons. The second kappa shape index (κ2) is 19.1. The summed E-state index contributed by atoms with van der Waals surface area (Å²) in [6.07, 6.45) is -5.09. The largest absolute Gasteiger partial charge is 0.459 e. The van der Waals surface area contributed by atoms with Crippen LogP contribution in [0.15, 0.2) is 27.8 Å². The van der Waals surface area contributed by atoms with E-state index in [2.05, 4.69) is 10.3 Å². The van der Waals surface area contributed by atoms with Crippen molar-refractivity contribution in [2.24, 2.45) is 34.0 Å². The molecule has 2 bridgehead atoms. The standard InChI is InChI=1S/C39H61N3O12S/c1-12-30-39(9,47)35-23(4)31(41-54-26(7)43)21(2)17-38(8,49-19-27(18-48-35)40-50-20-28-14-13-15-55-28)34(24(5)32(44)25(6)36(46)52-30)53-37-33(45)29(42(10)11)16-22(3)51-37/h13-15,21-25,29-30,33-35,37,45,47H,12,16-20H2,1-11H3/b40-27-,41-31+/t21-,22-,23+,24+,25-,29+,30-,33-,34-,35+,37+,38-,39-/m1/s1. The van der Waals surface area contributed by atoms with Crippen LogP contribution >= 0.6 is 11.3 Å². The van der Waals surface area contributed by atoms with E-state index >= 15 is 0 Å². The van der Waals surface area contributed by atoms with Gasteiger partial charge in [0.25, 0.3) is 0 Å². The Morgan fingerprint density at radius 3 is 2.42 bits per heavy atom. The van der Waals surface area contributed by atoms with Crippen LogP contribution in [-0.2, 0) is 54.3 Å². The molecule has 2 N–H and O–H groups in total. The summed E-state index contributed by atoms with van der Waals surface area (Å²) in [5.74, 6) is -5.54. The molecule has 16 heteroatoms. The van der Waals surface area contributed by atoms with E-state index in [-0.39, 0.29) is 44.8 Å². The molecule has 0 spiro atoms. The monoisotopic (exact) mass is 795 g/mol. The lowest BCUT2D eigenvalue weighted by molar-refractivity contribution is -0.296. The lowest BCUT2D eigenvalue weighted by Gasteiger charge is -2.47. The van der Waals surface area contributed by atoms with Crippen LogP contribution in [0.3, 0.4) is 0 Å². The van der Waals surface area contributed by atoms with Crippen molar-refractivity contribution < 1.29 is 58.0 Å². The van der Waals surface area contributed by atoms with Gasteiger partial charge < -0.3 is 48.5 Å². The average molecular weight is 796 g/mol. The molecule has 0 aromatic carbocycles. The maximum Gasteiger partial charge on any atom is 0.331 e. The third-order valence-electron chi connectivity index (χ3n) is 11.1. The molecule has 13 atom stereocenters. The van der Waals surface area contributed by atoms with Crippen LogP contribution < -0.4 is 0 Å². The van der Waals surface area contributed by atoms with Gasteiger partial charge in [0.15, 0.2) is 18.7 Å². The molecule has 0 aliphatic carbocycles. The fourth-order valence-electron chi connectivity index (χ4n) is 8.08. The van der Waals surface area contributed by atoms with Gasteiger partial charge in [0.05, 0.1) is 42.8 Å². The third kappa shape index (κ3) is 10.8. The fraction of sp³-hybridized carbons (Fsp3) is 0.769. The predicted molar refractivity (Wildman–Crippen MR) is 204 cm³/mol. The minimum atomic E-state index is -1.85. The molecule has 55 heavy (non-hydrogen) atoms. The molecule has 3 fully saturated rings. The van der Waals surface area contributed by atoms with E-state index in [1.54, 1.807) is 27.7 Å². The summed E-state index contributed by atoms with van der Waals surface area (Å²) < 4.78 is 32.3. The lowest BCUT2D eigenvalue weighted by Crippen LogP contribution is -2.60. The first-order valence-corrected chi connectivity index (χ1v) is 20.0. The number of carbonyl (C=O) groups excluding carboxylic acids is 3. The average Bonchev–Trinajstić information content (AvgIpc) is 3.63. The lowest BCUT2D eigenvalue weighted by atomic mass is 9.74. The second-order valence-corrected chi connectivity index (χ2v) is 17.0. The van der Waals surface area contributed by atoms with Crippen LogP contribution in [0.2, 0.25) is 0 Å². The number of nitrogens with zero attached hydrogens (tertiary/aromatic N) is 3. The number of ether oxygens (including phenoxy) is 5. The van der Waals surface area contributed by atoms with Gasteiger partial charge in [0.2, 0.25) is 0 Å². The summed E-state index contributed by atoms with van der Waals surface area (Å²) in [7, 11) is 3.73. The number of cyclic esters (lactones) is 1. The van der Waals surface area contributed by atoms with Crippen molar-refractivity contribution >= 4 is 40.5 Å². The minimum Gasteiger partial charge on any atom is -0.459 e. The molecule has 4 heterocycles. The third-order valence-corrected chi connectivity index (χ3v) is 11.9. The molecule has 0 amide bonds. The number of carbonyl (C=O) groups is 3. The number of thiophene rings is 1. The number of esters is 1. The normalized spacial score (nSPS) is 39.9. The van der Waals surface area contributed by atoms with E-state index in [0.717, 1.165) is 4.88 Å². The van der Waals surface area contributed by atoms with Crippen molar-refractivity contribution in [1.82, 2.24) is 4.90 Å². The summed E-state index contributed by atoms with van der Waals surface area (Å²) in [5.41, 5.74) is -2.56. The Bertz CT molecular complexity index is 1520. The van der Waals surface area contributed by atoms with Gasteiger partial charge in [-0.2, -0.15) is 0 Å². The van der Waals surface area contributed by atoms with Crippen molar-refractivity contribution in [1.29, 1.82) is 0 Å². The Hall–Kier alpha value is -2.83. The van der Waals surface area contributed by atoms with Gasteiger partial charge in [-0.05, 0) is 72.5 Å². The number of aliphatic hydroxyl groups excluding tert-OH is 1. The highest BCUT2D eigenvalue weighted by atomic mass is 32.1. The van der Waals surface area contributed by atoms with Crippen molar-refractivity contribution in [2.45, 2.75) is 142 Å². The van der Waals surface area contributed by atoms with Gasteiger partial charge in [-0.25, -0.2) is 4.79 Å². The van der Waals surface area contributed by atoms with Crippen molar-refractivity contribution in [2.75, 3.05) is 27.3 Å². The summed E-state index contributed by atoms with van der Waals surface area (Å²) in [6.45, 7) is 14.8. The molecule has 0 saturated carbocycles. The molecule has 3 aliphatic rings. The molecular weight excluding hydrogens is 735 g/mol. The van der Waals surface area contributed by atoms with Gasteiger partial charge in [0, 0.05) is 35.6 Å². The number of ketones is 1. The van der Waals surface area contributed by atoms with Crippen molar-refractivity contribution in [3.63, 3.8) is 0 Å². The molecule has 0 unspecified atom stereocenters. The number of aliphatic hydroxyl groups is 2. The van der Waals surface area contributed by atoms with E-state index in [0.29, 0.717) is 17.8 Å². The Morgan fingerprint density at radius 1 is 1.09 bits per heavy atom. The van der Waals surface area contributed by atoms with Gasteiger partial charge >= 0.3 is 11.9 Å². The van der Waals surface area contributed by atoms with Crippen LogP contribution in [0.1, 0.15) is 86.5 Å². The number of rotatable bonds is 8. The molecule has 3 aliphatic heterocycles. The second-order valence-electron chi connectivity index (χ2n) is 15.9. The maximum atomic E-state index is 14.4. The van der Waals surface area contributed by atoms with Gasteiger partial charge in [0.1, 0.15) is 29.4 Å². The van der Waals surface area contributed by atoms with Crippen LogP contribution in [-0.4, -0.2) is 126 Å². The molecule has 3 saturated heterocycles. The maximum absolute atomic E-state index is 14.4. The van der Waals surface area contributed by atoms with Gasteiger partial charge in [-0.1, -0.05) is 44.1 Å². The van der Waals surface area contributed by atoms with Crippen LogP contribution in [0.25, 0.3) is 0 Å². The zero-order valence-electron chi connectivity index (χ0n) is 34.1. The van der Waals surface area contributed by atoms with E-state index in [9.17, 15) is 24.6 Å². The van der Waals surface area contributed by atoms with E-state index in [4.69, 9.17) is 33.4 Å². The van der Waals surface area contributed by atoms with E-state index in [1.807, 2.05) is 50.4 Å². The number of oxime groups is 2. The molecule has 4 rings (SSSR count). The quantitative estimate of drug-likeness (QED) is 0.166. The number of hydrogen-bond acceptors (Lipinski definition) is 16. The first kappa shape index (κ1) is 44.9. The van der Waals surface area contributed by atoms with Crippen molar-refractivity contribution in [3.8, 4) is 0 Å². The molecule has 15 nitrogen and oxygen atoms in total. The highest BCUT2D eigenvalue weighted by molar-refractivity contribution is 7.09. The predicted octanol–water partition coefficient (Wildman–Crippen LogP) is 4.12. The Morgan fingerprint density at radius 2 is 1.80 bits per heavy atom. The van der Waals surface area contributed by atoms with Crippen molar-refractivity contribution in [3.05, 3.63) is 22.4 Å². The summed E-state index contributed by atoms with van der Waals surface area (Å²) >= 11 is 1.52. The smallest absolute Gasteiger partial charge is 0.331 e. The van der Waals surface area contributed by atoms with Crippen LogP contribution in [0, 0.1) is 23.7 Å². The van der Waals surface area contributed by atoms with Crippen LogP contribution in [0.5, 0.6) is 0 Å².